The Balaban J connectivity index is 1.88. The SMILES string of the molecule is COc1ccc(-c2nnnn2C2CC(OC)C2)cc1N. The molecule has 20 heavy (non-hydrogen) atoms. The van der Waals surface area contributed by atoms with Crippen LogP contribution < -0.4 is 10.5 Å². The van der Waals surface area contributed by atoms with Gasteiger partial charge in [0.25, 0.3) is 0 Å². The van der Waals surface area contributed by atoms with Crippen molar-refractivity contribution in [1.29, 1.82) is 0 Å². The fourth-order valence-corrected chi connectivity index (χ4v) is 2.43. The van der Waals surface area contributed by atoms with Gasteiger partial charge in [0.1, 0.15) is 5.75 Å². The normalized spacial score (nSPS) is 21.5. The first-order valence-corrected chi connectivity index (χ1v) is 6.47. The molecule has 7 heteroatoms. The summed E-state index contributed by atoms with van der Waals surface area (Å²) in [6.45, 7) is 0. The summed E-state index contributed by atoms with van der Waals surface area (Å²) in [5.41, 5.74) is 7.39. The minimum absolute atomic E-state index is 0.285. The van der Waals surface area contributed by atoms with Gasteiger partial charge < -0.3 is 15.2 Å². The van der Waals surface area contributed by atoms with Gasteiger partial charge in [-0.15, -0.1) is 5.10 Å². The summed E-state index contributed by atoms with van der Waals surface area (Å²) in [4.78, 5) is 0. The molecule has 3 rings (SSSR count). The number of rotatable bonds is 4. The minimum Gasteiger partial charge on any atom is -0.495 e. The van der Waals surface area contributed by atoms with Crippen LogP contribution in [0.3, 0.4) is 0 Å². The van der Waals surface area contributed by atoms with E-state index in [1.807, 2.05) is 22.9 Å². The van der Waals surface area contributed by atoms with Crippen molar-refractivity contribution in [2.45, 2.75) is 25.0 Å². The average Bonchev–Trinajstić information content (AvgIpc) is 2.86. The van der Waals surface area contributed by atoms with Gasteiger partial charge in [0.15, 0.2) is 5.82 Å². The van der Waals surface area contributed by atoms with E-state index in [-0.39, 0.29) is 6.04 Å². The molecule has 0 radical (unpaired) electrons. The number of methoxy groups -OCH3 is 2. The van der Waals surface area contributed by atoms with E-state index < -0.39 is 0 Å². The van der Waals surface area contributed by atoms with Crippen molar-refractivity contribution in [1.82, 2.24) is 20.2 Å². The van der Waals surface area contributed by atoms with Gasteiger partial charge in [0.2, 0.25) is 0 Å². The van der Waals surface area contributed by atoms with E-state index in [4.69, 9.17) is 15.2 Å². The lowest BCUT2D eigenvalue weighted by Crippen LogP contribution is -2.33. The van der Waals surface area contributed by atoms with E-state index in [1.165, 1.54) is 0 Å². The van der Waals surface area contributed by atoms with E-state index in [0.29, 0.717) is 17.5 Å². The van der Waals surface area contributed by atoms with Gasteiger partial charge >= 0.3 is 0 Å². The van der Waals surface area contributed by atoms with Crippen molar-refractivity contribution in [3.05, 3.63) is 18.2 Å². The second-order valence-electron chi connectivity index (χ2n) is 4.89. The Bertz CT molecular complexity index is 607. The average molecular weight is 275 g/mol. The van der Waals surface area contributed by atoms with Crippen LogP contribution in [0, 0.1) is 0 Å². The molecule has 0 atom stereocenters. The maximum atomic E-state index is 5.93. The molecule has 1 aliphatic carbocycles. The second-order valence-corrected chi connectivity index (χ2v) is 4.89. The number of nitrogen functional groups attached to an aromatic ring is 1. The maximum absolute atomic E-state index is 5.93. The van der Waals surface area contributed by atoms with E-state index in [9.17, 15) is 0 Å². The lowest BCUT2D eigenvalue weighted by molar-refractivity contribution is 0.00248. The molecule has 1 heterocycles. The predicted molar refractivity (Wildman–Crippen MR) is 73.3 cm³/mol. The van der Waals surface area contributed by atoms with Gasteiger partial charge in [-0.1, -0.05) is 0 Å². The number of aromatic nitrogens is 4. The summed E-state index contributed by atoms with van der Waals surface area (Å²) in [6.07, 6.45) is 2.17. The third kappa shape index (κ3) is 2.09. The Morgan fingerprint density at radius 1 is 1.30 bits per heavy atom. The second kappa shape index (κ2) is 5.09. The number of hydrogen-bond donors (Lipinski definition) is 1. The summed E-state index contributed by atoms with van der Waals surface area (Å²) in [5, 5.41) is 12.0. The highest BCUT2D eigenvalue weighted by Gasteiger charge is 2.33. The molecule has 1 fully saturated rings. The van der Waals surface area contributed by atoms with Crippen LogP contribution in [0.15, 0.2) is 18.2 Å². The molecule has 106 valence electrons. The minimum atomic E-state index is 0.285. The number of tetrazole rings is 1. The smallest absolute Gasteiger partial charge is 0.182 e. The summed E-state index contributed by atoms with van der Waals surface area (Å²) in [7, 11) is 3.32. The summed E-state index contributed by atoms with van der Waals surface area (Å²) < 4.78 is 12.3. The first kappa shape index (κ1) is 12.9. The number of hydrogen-bond acceptors (Lipinski definition) is 6. The van der Waals surface area contributed by atoms with Crippen LogP contribution in [0.25, 0.3) is 11.4 Å². The van der Waals surface area contributed by atoms with E-state index in [0.717, 1.165) is 24.2 Å². The number of nitrogens with two attached hydrogens (primary N) is 1. The van der Waals surface area contributed by atoms with Crippen molar-refractivity contribution in [2.75, 3.05) is 20.0 Å². The van der Waals surface area contributed by atoms with Gasteiger partial charge in [-0.3, -0.25) is 0 Å². The highest BCUT2D eigenvalue weighted by atomic mass is 16.5. The third-order valence-corrected chi connectivity index (χ3v) is 3.73. The first-order valence-electron chi connectivity index (χ1n) is 6.47. The summed E-state index contributed by atoms with van der Waals surface area (Å²) in [6, 6.07) is 5.84. The number of anilines is 1. The van der Waals surface area contributed by atoms with Crippen molar-refractivity contribution >= 4 is 5.69 Å². The number of nitrogens with zero attached hydrogens (tertiary/aromatic N) is 4. The standard InChI is InChI=1S/C13H17N5O2/c1-19-10-6-9(7-10)18-13(15-16-17-18)8-3-4-12(20-2)11(14)5-8/h3-5,9-10H,6-7,14H2,1-2H3. The molecule has 1 aromatic carbocycles. The lowest BCUT2D eigenvalue weighted by Gasteiger charge is -2.34. The molecule has 1 saturated carbocycles. The molecule has 0 aliphatic heterocycles. The third-order valence-electron chi connectivity index (χ3n) is 3.73. The van der Waals surface area contributed by atoms with Crippen molar-refractivity contribution in [3.63, 3.8) is 0 Å². The first-order chi connectivity index (χ1) is 9.72. The Hall–Kier alpha value is -2.15. The Labute approximate surface area is 116 Å². The topological polar surface area (TPSA) is 88.1 Å². The molecule has 0 saturated heterocycles. The Kier molecular flexibility index (Phi) is 3.27. The van der Waals surface area contributed by atoms with Crippen LogP contribution in [-0.2, 0) is 4.74 Å². The zero-order chi connectivity index (χ0) is 14.1. The zero-order valence-corrected chi connectivity index (χ0v) is 11.5. The zero-order valence-electron chi connectivity index (χ0n) is 11.5. The molecular formula is C13H17N5O2. The number of benzene rings is 1. The quantitative estimate of drug-likeness (QED) is 0.846. The molecule has 2 N–H and O–H groups in total. The molecular weight excluding hydrogens is 258 g/mol. The van der Waals surface area contributed by atoms with E-state index in [2.05, 4.69) is 15.5 Å². The molecule has 7 nitrogen and oxygen atoms in total. The highest BCUT2D eigenvalue weighted by Crippen LogP contribution is 2.36. The predicted octanol–water partition coefficient (Wildman–Crippen LogP) is 1.28. The molecule has 0 bridgehead atoms. The largest absolute Gasteiger partial charge is 0.495 e. The van der Waals surface area contributed by atoms with Crippen LogP contribution in [-0.4, -0.2) is 40.5 Å². The molecule has 0 spiro atoms. The highest BCUT2D eigenvalue weighted by molar-refractivity contribution is 5.66. The van der Waals surface area contributed by atoms with Gasteiger partial charge in [0, 0.05) is 12.7 Å². The van der Waals surface area contributed by atoms with E-state index >= 15 is 0 Å². The van der Waals surface area contributed by atoms with Gasteiger partial charge in [0.05, 0.1) is 24.9 Å². The Morgan fingerprint density at radius 3 is 2.75 bits per heavy atom. The molecule has 0 amide bonds. The van der Waals surface area contributed by atoms with Crippen molar-refractivity contribution in [2.24, 2.45) is 0 Å². The molecule has 1 aliphatic rings. The van der Waals surface area contributed by atoms with Gasteiger partial charge in [-0.25, -0.2) is 4.68 Å². The van der Waals surface area contributed by atoms with Crippen molar-refractivity contribution in [3.8, 4) is 17.1 Å². The van der Waals surface area contributed by atoms with Gasteiger partial charge in [-0.05, 0) is 41.5 Å². The molecule has 2 aromatic rings. The van der Waals surface area contributed by atoms with Crippen LogP contribution in [0.4, 0.5) is 5.69 Å². The summed E-state index contributed by atoms with van der Waals surface area (Å²) in [5.74, 6) is 1.37. The van der Waals surface area contributed by atoms with Crippen LogP contribution in [0.5, 0.6) is 5.75 Å². The van der Waals surface area contributed by atoms with Crippen LogP contribution in [0.1, 0.15) is 18.9 Å². The lowest BCUT2D eigenvalue weighted by atomic mass is 9.89. The maximum Gasteiger partial charge on any atom is 0.182 e. The summed E-state index contributed by atoms with van der Waals surface area (Å²) >= 11 is 0. The monoisotopic (exact) mass is 275 g/mol. The fraction of sp³-hybridized carbons (Fsp3) is 0.462. The van der Waals surface area contributed by atoms with E-state index in [1.54, 1.807) is 14.2 Å². The van der Waals surface area contributed by atoms with Crippen molar-refractivity contribution < 1.29 is 9.47 Å². The molecule has 1 aromatic heterocycles. The fourth-order valence-electron chi connectivity index (χ4n) is 2.43. The molecule has 0 unspecified atom stereocenters. The van der Waals surface area contributed by atoms with Gasteiger partial charge in [-0.2, -0.15) is 0 Å². The number of ether oxygens (including phenoxy) is 2. The van der Waals surface area contributed by atoms with Crippen LogP contribution >= 0.6 is 0 Å². The van der Waals surface area contributed by atoms with Crippen LogP contribution in [0.2, 0.25) is 0 Å². The Morgan fingerprint density at radius 2 is 2.10 bits per heavy atom.